The van der Waals surface area contributed by atoms with E-state index in [1.54, 1.807) is 0 Å². The molecule has 0 saturated carbocycles. The molecule has 0 N–H and O–H groups in total. The number of aliphatic imine (C=N–C) groups is 1. The van der Waals surface area contributed by atoms with Crippen molar-refractivity contribution >= 4 is 16.8 Å². The Morgan fingerprint density at radius 2 is 2.20 bits per heavy atom. The van der Waals surface area contributed by atoms with Crippen molar-refractivity contribution in [1.82, 2.24) is 0 Å². The van der Waals surface area contributed by atoms with Gasteiger partial charge >= 0.3 is 0 Å². The van der Waals surface area contributed by atoms with Crippen LogP contribution in [0.3, 0.4) is 0 Å². The first-order valence-corrected chi connectivity index (χ1v) is 7.05. The first-order chi connectivity index (χ1) is 7.26. The first kappa shape index (κ1) is 11.3. The Balaban J connectivity index is 2.08. The molecule has 0 radical (unpaired) electrons. The van der Waals surface area contributed by atoms with E-state index in [0.717, 1.165) is 11.7 Å². The van der Waals surface area contributed by atoms with E-state index in [0.29, 0.717) is 17.9 Å². The van der Waals surface area contributed by atoms with Crippen molar-refractivity contribution in [3.8, 4) is 0 Å². The second-order valence-electron chi connectivity index (χ2n) is 4.65. The molecule has 0 spiro atoms. The number of thioether (sulfide) groups is 1. The summed E-state index contributed by atoms with van der Waals surface area (Å²) in [6.07, 6.45) is 8.31. The third-order valence-electron chi connectivity index (χ3n) is 3.60. The van der Waals surface area contributed by atoms with E-state index < -0.39 is 0 Å². The monoisotopic (exact) mass is 223 g/mol. The highest BCUT2D eigenvalue weighted by Gasteiger charge is 2.36. The lowest BCUT2D eigenvalue weighted by Crippen LogP contribution is -2.26. The summed E-state index contributed by atoms with van der Waals surface area (Å²) in [5.41, 5.74) is 0. The van der Waals surface area contributed by atoms with Crippen LogP contribution in [0.15, 0.2) is 17.1 Å². The molecular weight excluding hydrogens is 202 g/mol. The highest BCUT2D eigenvalue weighted by atomic mass is 32.2. The molecule has 1 nitrogen and oxygen atoms in total. The van der Waals surface area contributed by atoms with Gasteiger partial charge in [-0.3, -0.25) is 4.99 Å². The van der Waals surface area contributed by atoms with Crippen molar-refractivity contribution in [1.29, 1.82) is 0 Å². The highest BCUT2D eigenvalue weighted by Crippen LogP contribution is 2.40. The molecule has 2 aliphatic rings. The van der Waals surface area contributed by atoms with Crippen LogP contribution in [0.5, 0.6) is 0 Å². The van der Waals surface area contributed by atoms with Crippen LogP contribution in [0, 0.1) is 11.8 Å². The van der Waals surface area contributed by atoms with Gasteiger partial charge < -0.3 is 0 Å². The van der Waals surface area contributed by atoms with Gasteiger partial charge in [0.05, 0.1) is 11.1 Å². The first-order valence-electron chi connectivity index (χ1n) is 6.17. The summed E-state index contributed by atoms with van der Waals surface area (Å²) in [6, 6.07) is 0.575. The van der Waals surface area contributed by atoms with Gasteiger partial charge in [0.2, 0.25) is 0 Å². The summed E-state index contributed by atoms with van der Waals surface area (Å²) >= 11 is 2.06. The molecule has 2 rings (SSSR count). The fourth-order valence-corrected chi connectivity index (χ4v) is 4.15. The zero-order chi connectivity index (χ0) is 10.8. The summed E-state index contributed by atoms with van der Waals surface area (Å²) < 4.78 is 0. The molecule has 1 aliphatic carbocycles. The molecule has 3 atom stereocenters. The van der Waals surface area contributed by atoms with Gasteiger partial charge in [0.15, 0.2) is 0 Å². The maximum Gasteiger partial charge on any atom is 0.0714 e. The molecule has 0 fully saturated rings. The van der Waals surface area contributed by atoms with Crippen LogP contribution in [0.25, 0.3) is 0 Å². The minimum atomic E-state index is 0.575. The lowest BCUT2D eigenvalue weighted by atomic mass is 9.93. The van der Waals surface area contributed by atoms with Crippen molar-refractivity contribution in [2.24, 2.45) is 16.8 Å². The van der Waals surface area contributed by atoms with Gasteiger partial charge in [-0.2, -0.15) is 0 Å². The minimum absolute atomic E-state index is 0.575. The lowest BCUT2D eigenvalue weighted by molar-refractivity contribution is 0.536. The number of allylic oxidation sites excluding steroid dienone is 1. The Morgan fingerprint density at radius 1 is 1.47 bits per heavy atom. The van der Waals surface area contributed by atoms with E-state index in [4.69, 9.17) is 4.99 Å². The second kappa shape index (κ2) is 4.73. The Bertz CT molecular complexity index is 278. The van der Waals surface area contributed by atoms with E-state index in [-0.39, 0.29) is 0 Å². The summed E-state index contributed by atoms with van der Waals surface area (Å²) in [7, 11) is 0. The van der Waals surface area contributed by atoms with Crippen LogP contribution in [-0.2, 0) is 0 Å². The molecule has 0 aromatic heterocycles. The molecule has 0 bridgehead atoms. The fourth-order valence-electron chi connectivity index (χ4n) is 2.51. The molecule has 84 valence electrons. The Hall–Kier alpha value is -0.240. The third-order valence-corrected chi connectivity index (χ3v) is 5.30. The molecule has 15 heavy (non-hydrogen) atoms. The largest absolute Gasteiger partial charge is 0.278 e. The number of nitrogens with zero attached hydrogens (tertiary/aromatic N) is 1. The van der Waals surface area contributed by atoms with Gasteiger partial charge in [-0.1, -0.05) is 32.9 Å². The molecule has 1 aliphatic heterocycles. The predicted molar refractivity (Wildman–Crippen MR) is 69.6 cm³/mol. The summed E-state index contributed by atoms with van der Waals surface area (Å²) in [6.45, 7) is 6.88. The van der Waals surface area contributed by atoms with E-state index in [1.807, 2.05) is 0 Å². The van der Waals surface area contributed by atoms with E-state index in [2.05, 4.69) is 44.7 Å². The van der Waals surface area contributed by atoms with Crippen molar-refractivity contribution in [3.63, 3.8) is 0 Å². The Kier molecular flexibility index (Phi) is 3.55. The van der Waals surface area contributed by atoms with Crippen molar-refractivity contribution in [3.05, 3.63) is 12.2 Å². The standard InChI is InChI=1S/C13H21NS/c1-4-10(5-2)13-14-11-8-6-7-9(3)12(11)15-13/h6-7,9-12H,4-5,8H2,1-3H3. The molecular formula is C13H21NS. The minimum Gasteiger partial charge on any atom is -0.278 e. The maximum atomic E-state index is 4.93. The highest BCUT2D eigenvalue weighted by molar-refractivity contribution is 8.14. The summed E-state index contributed by atoms with van der Waals surface area (Å²) in [4.78, 5) is 4.93. The van der Waals surface area contributed by atoms with Crippen LogP contribution in [0.4, 0.5) is 0 Å². The molecule has 0 amide bonds. The van der Waals surface area contributed by atoms with Crippen LogP contribution in [0.2, 0.25) is 0 Å². The van der Waals surface area contributed by atoms with Gasteiger partial charge in [-0.05, 0) is 25.2 Å². The molecule has 0 saturated heterocycles. The summed E-state index contributed by atoms with van der Waals surface area (Å²) in [5, 5.41) is 2.16. The van der Waals surface area contributed by atoms with E-state index in [9.17, 15) is 0 Å². The number of rotatable bonds is 3. The number of fused-ring (bicyclic) bond motifs is 1. The van der Waals surface area contributed by atoms with E-state index >= 15 is 0 Å². The quantitative estimate of drug-likeness (QED) is 0.661. The van der Waals surface area contributed by atoms with Crippen LogP contribution < -0.4 is 0 Å². The molecule has 0 aromatic carbocycles. The molecule has 0 aromatic rings. The topological polar surface area (TPSA) is 12.4 Å². The molecule has 3 unspecified atom stereocenters. The smallest absolute Gasteiger partial charge is 0.0714 e. The van der Waals surface area contributed by atoms with Gasteiger partial charge in [-0.25, -0.2) is 0 Å². The number of hydrogen-bond acceptors (Lipinski definition) is 2. The maximum absolute atomic E-state index is 4.93. The van der Waals surface area contributed by atoms with E-state index in [1.165, 1.54) is 17.9 Å². The van der Waals surface area contributed by atoms with Crippen molar-refractivity contribution in [2.45, 2.75) is 51.3 Å². The zero-order valence-electron chi connectivity index (χ0n) is 9.94. The Morgan fingerprint density at radius 3 is 2.80 bits per heavy atom. The van der Waals surface area contributed by atoms with Crippen LogP contribution in [-0.4, -0.2) is 16.3 Å². The van der Waals surface area contributed by atoms with Gasteiger partial charge in [0.1, 0.15) is 0 Å². The van der Waals surface area contributed by atoms with Crippen LogP contribution in [0.1, 0.15) is 40.0 Å². The SMILES string of the molecule is CCC(CC)C1=NC2CC=CC(C)C2S1. The normalized spacial score (nSPS) is 34.4. The van der Waals surface area contributed by atoms with Crippen molar-refractivity contribution < 1.29 is 0 Å². The lowest BCUT2D eigenvalue weighted by Gasteiger charge is -2.24. The third kappa shape index (κ3) is 2.15. The average Bonchev–Trinajstić information content (AvgIpc) is 2.65. The molecule has 2 heteroatoms. The van der Waals surface area contributed by atoms with Gasteiger partial charge in [-0.15, -0.1) is 11.8 Å². The van der Waals surface area contributed by atoms with Gasteiger partial charge in [0.25, 0.3) is 0 Å². The predicted octanol–water partition coefficient (Wildman–Crippen LogP) is 3.90. The average molecular weight is 223 g/mol. The number of hydrogen-bond donors (Lipinski definition) is 0. The fraction of sp³-hybridized carbons (Fsp3) is 0.769. The van der Waals surface area contributed by atoms with Crippen molar-refractivity contribution in [2.75, 3.05) is 0 Å². The zero-order valence-corrected chi connectivity index (χ0v) is 10.8. The molecule has 1 heterocycles. The second-order valence-corrected chi connectivity index (χ2v) is 5.85. The van der Waals surface area contributed by atoms with Crippen LogP contribution >= 0.6 is 11.8 Å². The summed E-state index contributed by atoms with van der Waals surface area (Å²) in [5.74, 6) is 1.41. The Labute approximate surface area is 97.4 Å². The van der Waals surface area contributed by atoms with Gasteiger partial charge in [0, 0.05) is 11.2 Å².